The van der Waals surface area contributed by atoms with E-state index in [1.54, 1.807) is 11.1 Å². The first-order valence-electron chi connectivity index (χ1n) is 6.19. The molecule has 18 heavy (non-hydrogen) atoms. The maximum absolute atomic E-state index is 10.4. The number of halogens is 1. The minimum Gasteiger partial charge on any atom is -0.388 e. The Kier molecular flexibility index (Phi) is 2.73. The van der Waals surface area contributed by atoms with Crippen LogP contribution in [0, 0.1) is 0 Å². The lowest BCUT2D eigenvalue weighted by Gasteiger charge is -2.37. The van der Waals surface area contributed by atoms with E-state index in [0.29, 0.717) is 12.2 Å². The monoisotopic (exact) mass is 269 g/mol. The molecular formula is C12H16ClN3O2. The second-order valence-corrected chi connectivity index (χ2v) is 5.68. The van der Waals surface area contributed by atoms with Crippen LogP contribution in [0.4, 0.5) is 5.82 Å². The van der Waals surface area contributed by atoms with Crippen molar-refractivity contribution in [2.24, 2.45) is 0 Å². The van der Waals surface area contributed by atoms with Gasteiger partial charge in [0.05, 0.1) is 11.6 Å². The lowest BCUT2D eigenvalue weighted by Crippen LogP contribution is -2.51. The third kappa shape index (κ3) is 1.77. The van der Waals surface area contributed by atoms with Crippen LogP contribution in [-0.2, 0) is 6.42 Å². The molecule has 1 aromatic heterocycles. The van der Waals surface area contributed by atoms with Crippen molar-refractivity contribution in [1.82, 2.24) is 9.97 Å². The second kappa shape index (κ2) is 4.05. The average Bonchev–Trinajstić information content (AvgIpc) is 2.77. The third-order valence-electron chi connectivity index (χ3n) is 3.99. The molecule has 0 amide bonds. The summed E-state index contributed by atoms with van der Waals surface area (Å²) in [6.45, 7) is 1.82. The predicted molar refractivity (Wildman–Crippen MR) is 67.5 cm³/mol. The van der Waals surface area contributed by atoms with Gasteiger partial charge in [0.1, 0.15) is 12.0 Å². The van der Waals surface area contributed by atoms with Crippen molar-refractivity contribution in [1.29, 1.82) is 0 Å². The van der Waals surface area contributed by atoms with E-state index in [1.165, 1.54) is 0 Å². The summed E-state index contributed by atoms with van der Waals surface area (Å²) in [6, 6.07) is -0.111. The average molecular weight is 270 g/mol. The largest absolute Gasteiger partial charge is 0.388 e. The topological polar surface area (TPSA) is 69.5 Å². The SMILES string of the molecule is C[C@]1(O)CCC[C@H]1N1c2nc(Cl)ncc2CC1O. The Labute approximate surface area is 110 Å². The van der Waals surface area contributed by atoms with E-state index < -0.39 is 11.8 Å². The Bertz CT molecular complexity index is 480. The summed E-state index contributed by atoms with van der Waals surface area (Å²) in [5, 5.41) is 20.8. The van der Waals surface area contributed by atoms with Crippen molar-refractivity contribution < 1.29 is 10.2 Å². The van der Waals surface area contributed by atoms with E-state index >= 15 is 0 Å². The normalized spacial score (nSPS) is 35.0. The molecule has 1 aliphatic heterocycles. The maximum atomic E-state index is 10.4. The summed E-state index contributed by atoms with van der Waals surface area (Å²) in [7, 11) is 0. The number of aromatic nitrogens is 2. The first-order chi connectivity index (χ1) is 8.49. The number of hydrogen-bond donors (Lipinski definition) is 2. The first-order valence-corrected chi connectivity index (χ1v) is 6.57. The van der Waals surface area contributed by atoms with Crippen molar-refractivity contribution in [2.75, 3.05) is 4.90 Å². The van der Waals surface area contributed by atoms with Crippen molar-refractivity contribution in [3.63, 3.8) is 0 Å². The number of hydrogen-bond acceptors (Lipinski definition) is 5. The van der Waals surface area contributed by atoms with Crippen LogP contribution < -0.4 is 4.90 Å². The highest BCUT2D eigenvalue weighted by Crippen LogP contribution is 2.40. The molecule has 0 radical (unpaired) electrons. The van der Waals surface area contributed by atoms with Crippen LogP contribution in [0.15, 0.2) is 6.20 Å². The minimum atomic E-state index is -0.792. The number of rotatable bonds is 1. The van der Waals surface area contributed by atoms with Gasteiger partial charge in [0.2, 0.25) is 5.28 Å². The van der Waals surface area contributed by atoms with Gasteiger partial charge < -0.3 is 15.1 Å². The molecular weight excluding hydrogens is 254 g/mol. The summed E-state index contributed by atoms with van der Waals surface area (Å²) >= 11 is 5.82. The van der Waals surface area contributed by atoms with Gasteiger partial charge in [-0.2, -0.15) is 0 Å². The number of aliphatic hydroxyl groups excluding tert-OH is 1. The van der Waals surface area contributed by atoms with Crippen LogP contribution in [0.3, 0.4) is 0 Å². The highest BCUT2D eigenvalue weighted by molar-refractivity contribution is 6.28. The highest BCUT2D eigenvalue weighted by atomic mass is 35.5. The summed E-state index contributed by atoms with van der Waals surface area (Å²) in [6.07, 6.45) is 4.04. The lowest BCUT2D eigenvalue weighted by molar-refractivity contribution is 0.0334. The third-order valence-corrected chi connectivity index (χ3v) is 4.18. The molecule has 1 saturated carbocycles. The first kappa shape index (κ1) is 12.1. The molecule has 3 rings (SSSR count). The van der Waals surface area contributed by atoms with Crippen molar-refractivity contribution in [2.45, 2.75) is 50.5 Å². The van der Waals surface area contributed by atoms with E-state index in [9.17, 15) is 10.2 Å². The van der Waals surface area contributed by atoms with Crippen molar-refractivity contribution in [3.05, 3.63) is 17.0 Å². The summed E-state index contributed by atoms with van der Waals surface area (Å²) < 4.78 is 0. The van der Waals surface area contributed by atoms with E-state index in [4.69, 9.17) is 11.6 Å². The van der Waals surface area contributed by atoms with Gasteiger partial charge in [-0.1, -0.05) is 0 Å². The van der Waals surface area contributed by atoms with Crippen LogP contribution in [0.5, 0.6) is 0 Å². The van der Waals surface area contributed by atoms with Crippen LogP contribution in [0.2, 0.25) is 5.28 Å². The summed E-state index contributed by atoms with van der Waals surface area (Å²) in [5.74, 6) is 0.662. The zero-order chi connectivity index (χ0) is 12.9. The Hall–Kier alpha value is -0.910. The van der Waals surface area contributed by atoms with Gasteiger partial charge >= 0.3 is 0 Å². The fourth-order valence-corrected chi connectivity index (χ4v) is 3.23. The minimum absolute atomic E-state index is 0.111. The quantitative estimate of drug-likeness (QED) is 0.748. The molecule has 3 atom stereocenters. The maximum Gasteiger partial charge on any atom is 0.224 e. The van der Waals surface area contributed by atoms with Gasteiger partial charge in [0.15, 0.2) is 0 Å². The Balaban J connectivity index is 2.01. The van der Waals surface area contributed by atoms with E-state index in [0.717, 1.165) is 24.8 Å². The summed E-state index contributed by atoms with van der Waals surface area (Å²) in [5.41, 5.74) is 0.0922. The number of nitrogens with zero attached hydrogens (tertiary/aromatic N) is 3. The van der Waals surface area contributed by atoms with Gasteiger partial charge in [-0.05, 0) is 37.8 Å². The smallest absolute Gasteiger partial charge is 0.224 e. The molecule has 1 aliphatic carbocycles. The van der Waals surface area contributed by atoms with Crippen LogP contribution >= 0.6 is 11.6 Å². The van der Waals surface area contributed by atoms with Gasteiger partial charge in [0, 0.05) is 18.2 Å². The molecule has 1 fully saturated rings. The summed E-state index contributed by atoms with van der Waals surface area (Å²) in [4.78, 5) is 9.94. The van der Waals surface area contributed by atoms with Gasteiger partial charge in [-0.15, -0.1) is 0 Å². The molecule has 2 heterocycles. The van der Waals surface area contributed by atoms with Crippen molar-refractivity contribution >= 4 is 17.4 Å². The Morgan fingerprint density at radius 3 is 3.00 bits per heavy atom. The zero-order valence-corrected chi connectivity index (χ0v) is 10.9. The Morgan fingerprint density at radius 1 is 1.56 bits per heavy atom. The molecule has 2 aliphatic rings. The van der Waals surface area contributed by atoms with Gasteiger partial charge in [-0.25, -0.2) is 9.97 Å². The number of anilines is 1. The molecule has 1 unspecified atom stereocenters. The molecule has 5 nitrogen and oxygen atoms in total. The van der Waals surface area contributed by atoms with E-state index in [-0.39, 0.29) is 11.3 Å². The molecule has 0 bridgehead atoms. The molecule has 0 aromatic carbocycles. The fourth-order valence-electron chi connectivity index (χ4n) is 3.11. The molecule has 98 valence electrons. The molecule has 1 aromatic rings. The van der Waals surface area contributed by atoms with Crippen molar-refractivity contribution in [3.8, 4) is 0 Å². The molecule has 0 saturated heterocycles. The van der Waals surface area contributed by atoms with Crippen LogP contribution in [-0.4, -0.2) is 38.1 Å². The second-order valence-electron chi connectivity index (χ2n) is 5.35. The van der Waals surface area contributed by atoms with Crippen LogP contribution in [0.25, 0.3) is 0 Å². The van der Waals surface area contributed by atoms with Gasteiger partial charge in [-0.3, -0.25) is 0 Å². The van der Waals surface area contributed by atoms with E-state index in [2.05, 4.69) is 9.97 Å². The standard InChI is InChI=1S/C12H16ClN3O2/c1-12(18)4-2-3-8(12)16-9(17)5-7-6-14-11(13)15-10(7)16/h6,8-9,17-18H,2-5H2,1H3/t8-,9?,12+/m1/s1. The molecule has 2 N–H and O–H groups in total. The zero-order valence-electron chi connectivity index (χ0n) is 10.2. The number of fused-ring (bicyclic) bond motifs is 1. The van der Waals surface area contributed by atoms with Crippen LogP contribution in [0.1, 0.15) is 31.7 Å². The predicted octanol–water partition coefficient (Wildman–Crippen LogP) is 1.11. The lowest BCUT2D eigenvalue weighted by atomic mass is 9.99. The van der Waals surface area contributed by atoms with E-state index in [1.807, 2.05) is 6.92 Å². The fraction of sp³-hybridized carbons (Fsp3) is 0.667. The molecule has 0 spiro atoms. The molecule has 6 heteroatoms. The highest BCUT2D eigenvalue weighted by Gasteiger charge is 2.46. The van der Waals surface area contributed by atoms with Gasteiger partial charge in [0.25, 0.3) is 0 Å². The Morgan fingerprint density at radius 2 is 2.33 bits per heavy atom. The number of aliphatic hydroxyl groups is 2.